The van der Waals surface area contributed by atoms with E-state index in [-0.39, 0.29) is 11.7 Å². The molecule has 3 aromatic rings. The number of carbonyl (C=O) groups is 1. The van der Waals surface area contributed by atoms with Crippen molar-refractivity contribution in [3.63, 3.8) is 0 Å². The maximum absolute atomic E-state index is 12.4. The molecule has 10 heteroatoms. The van der Waals surface area contributed by atoms with Crippen molar-refractivity contribution in [2.45, 2.75) is 12.1 Å². The molecule has 3 rings (SSSR count). The van der Waals surface area contributed by atoms with Gasteiger partial charge < -0.3 is 19.5 Å². The minimum absolute atomic E-state index is 0.136. The molecule has 0 bridgehead atoms. The quantitative estimate of drug-likeness (QED) is 0.533. The number of benzene rings is 2. The van der Waals surface area contributed by atoms with Crippen LogP contribution >= 0.6 is 11.8 Å². The van der Waals surface area contributed by atoms with Gasteiger partial charge in [-0.05, 0) is 41.6 Å². The molecule has 9 nitrogen and oxygen atoms in total. The Morgan fingerprint density at radius 3 is 2.38 bits per heavy atom. The minimum Gasteiger partial charge on any atom is -0.497 e. The Labute approximate surface area is 172 Å². The van der Waals surface area contributed by atoms with Crippen LogP contribution in [0.4, 0.5) is 5.69 Å². The van der Waals surface area contributed by atoms with Crippen LogP contribution < -0.4 is 19.5 Å². The standard InChI is InChI=1S/C19H21N5O4S/c1-4-28-15-7-5-14(6-8-15)24-19(21-22-23-24)29-12-18(25)20-13-9-16(26-2)11-17(10-13)27-3/h5-11H,4,12H2,1-3H3,(H,20,25). The smallest absolute Gasteiger partial charge is 0.234 e. The first kappa shape index (κ1) is 20.5. The van der Waals surface area contributed by atoms with Gasteiger partial charge in [0, 0.05) is 23.9 Å². The van der Waals surface area contributed by atoms with E-state index in [1.54, 1.807) is 37.1 Å². The average molecular weight is 415 g/mol. The van der Waals surface area contributed by atoms with Gasteiger partial charge >= 0.3 is 0 Å². The summed E-state index contributed by atoms with van der Waals surface area (Å²) in [4.78, 5) is 12.4. The van der Waals surface area contributed by atoms with Crippen molar-refractivity contribution >= 4 is 23.4 Å². The maximum Gasteiger partial charge on any atom is 0.234 e. The van der Waals surface area contributed by atoms with E-state index < -0.39 is 0 Å². The van der Waals surface area contributed by atoms with Crippen LogP contribution in [-0.2, 0) is 4.79 Å². The van der Waals surface area contributed by atoms with Crippen LogP contribution in [0, 0.1) is 0 Å². The molecule has 0 saturated heterocycles. The molecule has 0 unspecified atom stereocenters. The summed E-state index contributed by atoms with van der Waals surface area (Å²) in [5.74, 6) is 1.88. The van der Waals surface area contributed by atoms with E-state index in [1.165, 1.54) is 11.8 Å². The number of methoxy groups -OCH3 is 2. The number of nitrogens with one attached hydrogen (secondary N) is 1. The van der Waals surface area contributed by atoms with Gasteiger partial charge in [0.05, 0.1) is 32.3 Å². The van der Waals surface area contributed by atoms with Crippen LogP contribution in [0.1, 0.15) is 6.92 Å². The summed E-state index contributed by atoms with van der Waals surface area (Å²) >= 11 is 1.23. The zero-order valence-electron chi connectivity index (χ0n) is 16.3. The summed E-state index contributed by atoms with van der Waals surface area (Å²) in [6, 6.07) is 12.6. The Morgan fingerprint density at radius 1 is 1.07 bits per heavy atom. The number of thioether (sulfide) groups is 1. The van der Waals surface area contributed by atoms with Gasteiger partial charge in [-0.15, -0.1) is 5.10 Å². The third-order valence-electron chi connectivity index (χ3n) is 3.80. The second-order valence-electron chi connectivity index (χ2n) is 5.74. The van der Waals surface area contributed by atoms with Gasteiger partial charge in [-0.25, -0.2) is 0 Å². The highest BCUT2D eigenvalue weighted by atomic mass is 32.2. The average Bonchev–Trinajstić information content (AvgIpc) is 3.21. The molecule has 0 fully saturated rings. The SMILES string of the molecule is CCOc1ccc(-n2nnnc2SCC(=O)Nc2cc(OC)cc(OC)c2)cc1. The number of anilines is 1. The first-order valence-electron chi connectivity index (χ1n) is 8.80. The number of rotatable bonds is 9. The van der Waals surface area contributed by atoms with E-state index in [9.17, 15) is 4.79 Å². The number of amides is 1. The lowest BCUT2D eigenvalue weighted by Gasteiger charge is -2.10. The highest BCUT2D eigenvalue weighted by Gasteiger charge is 2.13. The molecule has 1 N–H and O–H groups in total. The van der Waals surface area contributed by atoms with E-state index in [4.69, 9.17) is 14.2 Å². The lowest BCUT2D eigenvalue weighted by molar-refractivity contribution is -0.113. The molecule has 0 atom stereocenters. The molecule has 0 aliphatic heterocycles. The van der Waals surface area contributed by atoms with Gasteiger partial charge in [0.15, 0.2) is 0 Å². The van der Waals surface area contributed by atoms with Crippen LogP contribution in [0.5, 0.6) is 17.2 Å². The summed E-state index contributed by atoms with van der Waals surface area (Å²) < 4.78 is 17.4. The molecule has 0 spiro atoms. The summed E-state index contributed by atoms with van der Waals surface area (Å²) in [6.07, 6.45) is 0. The summed E-state index contributed by atoms with van der Waals surface area (Å²) in [6.45, 7) is 2.52. The lowest BCUT2D eigenvalue weighted by atomic mass is 10.2. The van der Waals surface area contributed by atoms with Crippen molar-refractivity contribution in [2.24, 2.45) is 0 Å². The van der Waals surface area contributed by atoms with Crippen LogP contribution in [0.2, 0.25) is 0 Å². The second kappa shape index (κ2) is 9.78. The third-order valence-corrected chi connectivity index (χ3v) is 4.72. The first-order valence-corrected chi connectivity index (χ1v) is 9.78. The molecule has 29 heavy (non-hydrogen) atoms. The minimum atomic E-state index is -0.202. The molecule has 152 valence electrons. The lowest BCUT2D eigenvalue weighted by Crippen LogP contribution is -2.14. The van der Waals surface area contributed by atoms with Crippen molar-refractivity contribution < 1.29 is 19.0 Å². The Balaban J connectivity index is 1.64. The number of hydrogen-bond donors (Lipinski definition) is 1. The molecule has 1 amide bonds. The normalized spacial score (nSPS) is 10.4. The first-order chi connectivity index (χ1) is 14.1. The van der Waals surface area contributed by atoms with Crippen molar-refractivity contribution in [1.29, 1.82) is 0 Å². The molecule has 1 aromatic heterocycles. The number of nitrogens with zero attached hydrogens (tertiary/aromatic N) is 4. The van der Waals surface area contributed by atoms with E-state index in [0.29, 0.717) is 28.9 Å². The summed E-state index contributed by atoms with van der Waals surface area (Å²) in [5, 5.41) is 15.0. The van der Waals surface area contributed by atoms with Gasteiger partial charge in [-0.1, -0.05) is 11.8 Å². The monoisotopic (exact) mass is 415 g/mol. The Morgan fingerprint density at radius 2 is 1.76 bits per heavy atom. The predicted molar refractivity (Wildman–Crippen MR) is 109 cm³/mol. The summed E-state index contributed by atoms with van der Waals surface area (Å²) in [5.41, 5.74) is 1.36. The number of tetrazole rings is 1. The highest BCUT2D eigenvalue weighted by molar-refractivity contribution is 7.99. The number of hydrogen-bond acceptors (Lipinski definition) is 8. The van der Waals surface area contributed by atoms with E-state index in [1.807, 2.05) is 31.2 Å². The van der Waals surface area contributed by atoms with E-state index in [2.05, 4.69) is 20.8 Å². The molecular weight excluding hydrogens is 394 g/mol. The molecule has 0 radical (unpaired) electrons. The van der Waals surface area contributed by atoms with Gasteiger partial charge in [0.25, 0.3) is 0 Å². The van der Waals surface area contributed by atoms with Crippen LogP contribution in [0.3, 0.4) is 0 Å². The zero-order valence-corrected chi connectivity index (χ0v) is 17.1. The van der Waals surface area contributed by atoms with Crippen molar-refractivity contribution in [3.8, 4) is 22.9 Å². The summed E-state index contributed by atoms with van der Waals surface area (Å²) in [7, 11) is 3.11. The Bertz CT molecular complexity index is 939. The van der Waals surface area contributed by atoms with Crippen LogP contribution in [0.15, 0.2) is 47.6 Å². The fourth-order valence-electron chi connectivity index (χ4n) is 2.49. The van der Waals surface area contributed by atoms with Crippen molar-refractivity contribution in [2.75, 3.05) is 31.9 Å². The number of aromatic nitrogens is 4. The number of carbonyl (C=O) groups excluding carboxylic acids is 1. The second-order valence-corrected chi connectivity index (χ2v) is 6.68. The molecule has 0 saturated carbocycles. The van der Waals surface area contributed by atoms with Gasteiger partial charge in [-0.2, -0.15) is 4.68 Å². The van der Waals surface area contributed by atoms with Crippen molar-refractivity contribution in [1.82, 2.24) is 20.2 Å². The van der Waals surface area contributed by atoms with E-state index in [0.717, 1.165) is 11.4 Å². The topological polar surface area (TPSA) is 100 Å². The fourth-order valence-corrected chi connectivity index (χ4v) is 3.18. The maximum atomic E-state index is 12.4. The molecule has 0 aliphatic rings. The third kappa shape index (κ3) is 5.38. The molecule has 1 heterocycles. The largest absolute Gasteiger partial charge is 0.497 e. The van der Waals surface area contributed by atoms with E-state index >= 15 is 0 Å². The van der Waals surface area contributed by atoms with Crippen LogP contribution in [-0.4, -0.2) is 52.7 Å². The van der Waals surface area contributed by atoms with Gasteiger partial charge in [-0.3, -0.25) is 4.79 Å². The van der Waals surface area contributed by atoms with Gasteiger partial charge in [0.2, 0.25) is 11.1 Å². The highest BCUT2D eigenvalue weighted by Crippen LogP contribution is 2.26. The molecular formula is C19H21N5O4S. The predicted octanol–water partition coefficient (Wildman–Crippen LogP) is 2.81. The Hall–Kier alpha value is -3.27. The Kier molecular flexibility index (Phi) is 6.90. The molecule has 0 aliphatic carbocycles. The fraction of sp³-hybridized carbons (Fsp3) is 0.263. The van der Waals surface area contributed by atoms with Gasteiger partial charge in [0.1, 0.15) is 17.2 Å². The molecule has 2 aromatic carbocycles. The zero-order chi connectivity index (χ0) is 20.6. The van der Waals surface area contributed by atoms with Crippen LogP contribution in [0.25, 0.3) is 5.69 Å². The number of ether oxygens (including phenoxy) is 3. The van der Waals surface area contributed by atoms with Crippen molar-refractivity contribution in [3.05, 3.63) is 42.5 Å².